The van der Waals surface area contributed by atoms with Crippen LogP contribution in [0.5, 0.6) is 5.75 Å². The molecule has 2 aromatic rings. The van der Waals surface area contributed by atoms with Crippen molar-refractivity contribution in [2.75, 3.05) is 26.2 Å². The topological polar surface area (TPSA) is 54.5 Å². The van der Waals surface area contributed by atoms with Crippen molar-refractivity contribution in [3.8, 4) is 5.75 Å². The van der Waals surface area contributed by atoms with Crippen molar-refractivity contribution >= 4 is 17.2 Å². The molecule has 1 amide bonds. The minimum Gasteiger partial charge on any atom is -0.486 e. The van der Waals surface area contributed by atoms with E-state index in [9.17, 15) is 4.79 Å². The number of aryl methyl sites for hydroxylation is 2. The van der Waals surface area contributed by atoms with Gasteiger partial charge in [-0.15, -0.1) is 11.3 Å². The number of hydrogen-bond acceptors (Lipinski definition) is 5. The molecule has 0 bridgehead atoms. The summed E-state index contributed by atoms with van der Waals surface area (Å²) in [6.45, 7) is 8.49. The highest BCUT2D eigenvalue weighted by molar-refractivity contribution is 7.13. The molecule has 1 fully saturated rings. The van der Waals surface area contributed by atoms with Gasteiger partial charge in [0, 0.05) is 6.54 Å². The fourth-order valence-corrected chi connectivity index (χ4v) is 4.17. The van der Waals surface area contributed by atoms with Gasteiger partial charge < -0.3 is 15.0 Å². The standard InChI is InChI=1S/C21H29N3O2S/c1-16-7-9-18(10-8-16)26-15-19-23-17(2)20(27-19)21(25)22-11-6-14-24-12-4-3-5-13-24/h7-10H,3-6,11-15H2,1-2H3,(H,22,25). The molecule has 0 saturated carbocycles. The summed E-state index contributed by atoms with van der Waals surface area (Å²) in [4.78, 5) is 20.1. The zero-order valence-corrected chi connectivity index (χ0v) is 17.1. The number of likely N-dealkylation sites (tertiary alicyclic amines) is 1. The molecule has 6 heteroatoms. The molecule has 0 unspecified atom stereocenters. The van der Waals surface area contributed by atoms with Crippen molar-refractivity contribution in [2.24, 2.45) is 0 Å². The number of aromatic nitrogens is 1. The van der Waals surface area contributed by atoms with Crippen LogP contribution in [0.3, 0.4) is 0 Å². The molecule has 1 aliphatic rings. The minimum atomic E-state index is -0.0229. The van der Waals surface area contributed by atoms with Crippen LogP contribution in [0.25, 0.3) is 0 Å². The van der Waals surface area contributed by atoms with Crippen LogP contribution in [0.15, 0.2) is 24.3 Å². The van der Waals surface area contributed by atoms with Gasteiger partial charge in [-0.3, -0.25) is 4.79 Å². The number of thiazole rings is 1. The first-order chi connectivity index (χ1) is 13.1. The minimum absolute atomic E-state index is 0.0229. The smallest absolute Gasteiger partial charge is 0.263 e. The third kappa shape index (κ3) is 6.04. The second-order valence-corrected chi connectivity index (χ2v) is 8.22. The number of hydrogen-bond donors (Lipinski definition) is 1. The lowest BCUT2D eigenvalue weighted by Gasteiger charge is -2.26. The maximum Gasteiger partial charge on any atom is 0.263 e. The summed E-state index contributed by atoms with van der Waals surface area (Å²) in [7, 11) is 0. The molecule has 146 valence electrons. The van der Waals surface area contributed by atoms with Crippen molar-refractivity contribution in [1.82, 2.24) is 15.2 Å². The number of carbonyl (C=O) groups is 1. The summed E-state index contributed by atoms with van der Waals surface area (Å²) in [6, 6.07) is 7.94. The molecule has 0 atom stereocenters. The van der Waals surface area contributed by atoms with E-state index in [2.05, 4.69) is 15.2 Å². The van der Waals surface area contributed by atoms with Gasteiger partial charge in [0.05, 0.1) is 5.69 Å². The van der Waals surface area contributed by atoms with Gasteiger partial charge in [0.1, 0.15) is 22.2 Å². The Kier molecular flexibility index (Phi) is 7.24. The lowest BCUT2D eigenvalue weighted by atomic mass is 10.1. The highest BCUT2D eigenvalue weighted by Gasteiger charge is 2.16. The summed E-state index contributed by atoms with van der Waals surface area (Å²) in [6.07, 6.45) is 4.96. The first-order valence-electron chi connectivity index (χ1n) is 9.78. The van der Waals surface area contributed by atoms with Gasteiger partial charge in [0.2, 0.25) is 0 Å². The van der Waals surface area contributed by atoms with Crippen LogP contribution in [0, 0.1) is 13.8 Å². The van der Waals surface area contributed by atoms with Gasteiger partial charge in [0.15, 0.2) is 0 Å². The number of ether oxygens (including phenoxy) is 1. The molecular formula is C21H29N3O2S. The van der Waals surface area contributed by atoms with Crippen LogP contribution >= 0.6 is 11.3 Å². The molecule has 3 rings (SSSR count). The predicted octanol–water partition coefficient (Wildman–Crippen LogP) is 3.94. The van der Waals surface area contributed by atoms with Crippen molar-refractivity contribution < 1.29 is 9.53 Å². The number of rotatable bonds is 8. The van der Waals surface area contributed by atoms with Crippen LogP contribution in [0.4, 0.5) is 0 Å². The van der Waals surface area contributed by atoms with E-state index in [1.807, 2.05) is 38.1 Å². The maximum atomic E-state index is 12.4. The van der Waals surface area contributed by atoms with Gasteiger partial charge in [0.25, 0.3) is 5.91 Å². The largest absolute Gasteiger partial charge is 0.486 e. The van der Waals surface area contributed by atoms with Gasteiger partial charge >= 0.3 is 0 Å². The number of nitrogens with zero attached hydrogens (tertiary/aromatic N) is 2. The van der Waals surface area contributed by atoms with Crippen LogP contribution in [-0.2, 0) is 6.61 Å². The first-order valence-corrected chi connectivity index (χ1v) is 10.6. The molecule has 0 aliphatic carbocycles. The van der Waals surface area contributed by atoms with E-state index >= 15 is 0 Å². The van der Waals surface area contributed by atoms with E-state index in [1.165, 1.54) is 49.3 Å². The van der Waals surface area contributed by atoms with Gasteiger partial charge in [-0.2, -0.15) is 0 Å². The average molecular weight is 388 g/mol. The van der Waals surface area contributed by atoms with E-state index in [1.54, 1.807) is 0 Å². The fourth-order valence-electron chi connectivity index (χ4n) is 3.27. The van der Waals surface area contributed by atoms with E-state index in [4.69, 9.17) is 4.74 Å². The Labute approximate surface area is 165 Å². The second-order valence-electron chi connectivity index (χ2n) is 7.14. The predicted molar refractivity (Wildman–Crippen MR) is 110 cm³/mol. The summed E-state index contributed by atoms with van der Waals surface area (Å²) in [5.74, 6) is 0.794. The van der Waals surface area contributed by atoms with Gasteiger partial charge in [-0.1, -0.05) is 24.1 Å². The van der Waals surface area contributed by atoms with Crippen LogP contribution in [0.1, 0.15) is 51.6 Å². The molecule has 0 spiro atoms. The Morgan fingerprint density at radius 3 is 2.67 bits per heavy atom. The molecule has 0 radical (unpaired) electrons. The van der Waals surface area contributed by atoms with Gasteiger partial charge in [-0.05, 0) is 64.9 Å². The van der Waals surface area contributed by atoms with E-state index in [0.29, 0.717) is 18.0 Å². The number of nitrogens with one attached hydrogen (secondary N) is 1. The molecule has 2 heterocycles. The summed E-state index contributed by atoms with van der Waals surface area (Å²) in [5, 5.41) is 3.86. The summed E-state index contributed by atoms with van der Waals surface area (Å²) in [5.41, 5.74) is 1.97. The van der Waals surface area contributed by atoms with E-state index in [0.717, 1.165) is 29.4 Å². The fraction of sp³-hybridized carbons (Fsp3) is 0.524. The Balaban J connectivity index is 1.43. The Morgan fingerprint density at radius 2 is 1.93 bits per heavy atom. The SMILES string of the molecule is Cc1ccc(OCc2nc(C)c(C(=O)NCCCN3CCCCC3)s2)cc1. The molecule has 1 aromatic heterocycles. The van der Waals surface area contributed by atoms with Crippen LogP contribution in [-0.4, -0.2) is 42.0 Å². The zero-order valence-electron chi connectivity index (χ0n) is 16.3. The zero-order chi connectivity index (χ0) is 19.1. The van der Waals surface area contributed by atoms with Crippen LogP contribution in [0.2, 0.25) is 0 Å². The lowest BCUT2D eigenvalue weighted by molar-refractivity contribution is 0.0954. The Morgan fingerprint density at radius 1 is 1.19 bits per heavy atom. The molecule has 1 aromatic carbocycles. The van der Waals surface area contributed by atoms with Crippen LogP contribution < -0.4 is 10.1 Å². The Bertz CT molecular complexity index is 736. The van der Waals surface area contributed by atoms with Gasteiger partial charge in [-0.25, -0.2) is 4.98 Å². The normalized spacial score (nSPS) is 14.9. The molecule has 1 saturated heterocycles. The molecular weight excluding hydrogens is 358 g/mol. The second kappa shape index (κ2) is 9.85. The van der Waals surface area contributed by atoms with E-state index < -0.39 is 0 Å². The maximum absolute atomic E-state index is 12.4. The molecule has 27 heavy (non-hydrogen) atoms. The molecule has 1 N–H and O–H groups in total. The highest BCUT2D eigenvalue weighted by Crippen LogP contribution is 2.20. The monoisotopic (exact) mass is 387 g/mol. The summed E-state index contributed by atoms with van der Waals surface area (Å²) >= 11 is 1.42. The van der Waals surface area contributed by atoms with Crippen molar-refractivity contribution in [3.05, 3.63) is 45.4 Å². The number of amides is 1. The molecule has 1 aliphatic heterocycles. The number of benzene rings is 1. The third-order valence-corrected chi connectivity index (χ3v) is 5.95. The van der Waals surface area contributed by atoms with Crippen molar-refractivity contribution in [3.63, 3.8) is 0 Å². The van der Waals surface area contributed by atoms with Crippen molar-refractivity contribution in [2.45, 2.75) is 46.1 Å². The average Bonchev–Trinajstić information content (AvgIpc) is 3.06. The Hall–Kier alpha value is -1.92. The highest BCUT2D eigenvalue weighted by atomic mass is 32.1. The third-order valence-electron chi connectivity index (χ3n) is 4.82. The van der Waals surface area contributed by atoms with Crippen molar-refractivity contribution in [1.29, 1.82) is 0 Å². The quantitative estimate of drug-likeness (QED) is 0.697. The molecule has 5 nitrogen and oxygen atoms in total. The number of piperidine rings is 1. The van der Waals surface area contributed by atoms with E-state index in [-0.39, 0.29) is 5.91 Å². The summed E-state index contributed by atoms with van der Waals surface area (Å²) < 4.78 is 5.77. The number of carbonyl (C=O) groups excluding carboxylic acids is 1. The lowest BCUT2D eigenvalue weighted by Crippen LogP contribution is -2.33. The first kappa shape index (κ1) is 19.8.